The van der Waals surface area contributed by atoms with Gasteiger partial charge >= 0.3 is 0 Å². The van der Waals surface area contributed by atoms with Gasteiger partial charge < -0.3 is 15.0 Å². The zero-order valence-corrected chi connectivity index (χ0v) is 12.7. The Bertz CT molecular complexity index is 530. The number of nitrogens with zero attached hydrogens (tertiary/aromatic N) is 1. The Morgan fingerprint density at radius 2 is 2.09 bits per heavy atom. The zero-order valence-electron chi connectivity index (χ0n) is 12.7. The first-order valence-electron chi connectivity index (χ1n) is 7.47. The molecule has 2 amide bonds. The van der Waals surface area contributed by atoms with Gasteiger partial charge in [0.1, 0.15) is 5.82 Å². The molecule has 1 fully saturated rings. The molecule has 0 spiro atoms. The summed E-state index contributed by atoms with van der Waals surface area (Å²) in [4.78, 5) is 25.2. The molecular formula is C16H21FN2O3. The van der Waals surface area contributed by atoms with Crippen molar-refractivity contribution in [3.05, 3.63) is 30.1 Å². The fourth-order valence-corrected chi connectivity index (χ4v) is 2.51. The smallest absolute Gasteiger partial charge is 0.223 e. The summed E-state index contributed by atoms with van der Waals surface area (Å²) < 4.78 is 18.5. The van der Waals surface area contributed by atoms with Crippen LogP contribution in [-0.4, -0.2) is 38.1 Å². The van der Waals surface area contributed by atoms with Crippen LogP contribution < -0.4 is 10.2 Å². The molecule has 6 heteroatoms. The second-order valence-corrected chi connectivity index (χ2v) is 5.33. The van der Waals surface area contributed by atoms with Crippen LogP contribution in [0.1, 0.15) is 19.8 Å². The van der Waals surface area contributed by atoms with E-state index in [4.69, 9.17) is 4.74 Å². The predicted octanol–water partition coefficient (Wildman–Crippen LogP) is 1.72. The molecule has 0 bridgehead atoms. The summed E-state index contributed by atoms with van der Waals surface area (Å²) in [6, 6.07) is 5.86. The van der Waals surface area contributed by atoms with Crippen molar-refractivity contribution in [1.29, 1.82) is 0 Å². The lowest BCUT2D eigenvalue weighted by Gasteiger charge is -2.24. The third kappa shape index (κ3) is 4.53. The van der Waals surface area contributed by atoms with Gasteiger partial charge in [0.05, 0.1) is 0 Å². The average Bonchev–Trinajstić information content (AvgIpc) is 2.51. The molecule has 0 radical (unpaired) electrons. The van der Waals surface area contributed by atoms with Crippen molar-refractivity contribution in [1.82, 2.24) is 5.32 Å². The van der Waals surface area contributed by atoms with Gasteiger partial charge in [0.2, 0.25) is 11.8 Å². The van der Waals surface area contributed by atoms with E-state index in [2.05, 4.69) is 5.32 Å². The van der Waals surface area contributed by atoms with E-state index in [-0.39, 0.29) is 17.7 Å². The van der Waals surface area contributed by atoms with Crippen molar-refractivity contribution in [3.8, 4) is 0 Å². The summed E-state index contributed by atoms with van der Waals surface area (Å²) in [7, 11) is 0. The van der Waals surface area contributed by atoms with Crippen LogP contribution in [0.2, 0.25) is 0 Å². The number of rotatable bonds is 5. The minimum absolute atomic E-state index is 0.00829. The Hall–Kier alpha value is -1.95. The summed E-state index contributed by atoms with van der Waals surface area (Å²) in [6.45, 7) is 3.30. The number of hydrogen-bond donors (Lipinski definition) is 1. The molecule has 2 rings (SSSR count). The highest BCUT2D eigenvalue weighted by molar-refractivity contribution is 5.91. The minimum Gasteiger partial charge on any atom is -0.381 e. The van der Waals surface area contributed by atoms with Gasteiger partial charge in [-0.25, -0.2) is 4.39 Å². The van der Waals surface area contributed by atoms with Gasteiger partial charge in [-0.1, -0.05) is 6.07 Å². The van der Waals surface area contributed by atoms with Crippen LogP contribution in [0.25, 0.3) is 0 Å². The molecule has 0 aliphatic carbocycles. The van der Waals surface area contributed by atoms with E-state index >= 15 is 0 Å². The van der Waals surface area contributed by atoms with E-state index in [1.807, 2.05) is 0 Å². The summed E-state index contributed by atoms with van der Waals surface area (Å²) in [5.41, 5.74) is 0.493. The summed E-state index contributed by atoms with van der Waals surface area (Å²) in [5, 5.41) is 2.84. The van der Waals surface area contributed by atoms with Gasteiger partial charge in [-0.15, -0.1) is 0 Å². The van der Waals surface area contributed by atoms with E-state index in [1.165, 1.54) is 24.0 Å². The molecule has 0 atom stereocenters. The van der Waals surface area contributed by atoms with E-state index in [0.29, 0.717) is 32.0 Å². The highest BCUT2D eigenvalue weighted by Gasteiger charge is 2.21. The summed E-state index contributed by atoms with van der Waals surface area (Å²) in [6.07, 6.45) is 1.46. The Morgan fingerprint density at radius 1 is 1.36 bits per heavy atom. The second kappa shape index (κ2) is 7.89. The molecule has 1 saturated heterocycles. The number of ether oxygens (including phenoxy) is 1. The molecule has 120 valence electrons. The van der Waals surface area contributed by atoms with Crippen molar-refractivity contribution >= 4 is 17.5 Å². The van der Waals surface area contributed by atoms with Crippen LogP contribution in [0, 0.1) is 11.7 Å². The molecule has 1 aromatic rings. The number of anilines is 1. The van der Waals surface area contributed by atoms with E-state index in [0.717, 1.165) is 12.8 Å². The molecule has 22 heavy (non-hydrogen) atoms. The Balaban J connectivity index is 1.87. The summed E-state index contributed by atoms with van der Waals surface area (Å²) in [5.74, 6) is -0.611. The topological polar surface area (TPSA) is 58.6 Å². The van der Waals surface area contributed by atoms with Crippen LogP contribution in [0.5, 0.6) is 0 Å². The highest BCUT2D eigenvalue weighted by Crippen LogP contribution is 2.16. The van der Waals surface area contributed by atoms with Crippen LogP contribution in [0.3, 0.4) is 0 Å². The molecule has 1 N–H and O–H groups in total. The Morgan fingerprint density at radius 3 is 2.73 bits per heavy atom. The molecule has 1 aromatic carbocycles. The maximum atomic E-state index is 13.3. The van der Waals surface area contributed by atoms with Gasteiger partial charge in [-0.3, -0.25) is 9.59 Å². The lowest BCUT2D eigenvalue weighted by Crippen LogP contribution is -2.40. The van der Waals surface area contributed by atoms with Gasteiger partial charge in [0, 0.05) is 44.8 Å². The number of hydrogen-bond acceptors (Lipinski definition) is 3. The minimum atomic E-state index is -0.394. The second-order valence-electron chi connectivity index (χ2n) is 5.33. The zero-order chi connectivity index (χ0) is 15.9. The van der Waals surface area contributed by atoms with Gasteiger partial charge in [-0.2, -0.15) is 0 Å². The maximum Gasteiger partial charge on any atom is 0.223 e. The number of nitrogens with one attached hydrogen (secondary N) is 1. The van der Waals surface area contributed by atoms with E-state index < -0.39 is 5.82 Å². The van der Waals surface area contributed by atoms with Crippen LogP contribution in [-0.2, 0) is 14.3 Å². The molecule has 0 saturated carbocycles. The lowest BCUT2D eigenvalue weighted by molar-refractivity contribution is -0.127. The van der Waals surface area contributed by atoms with E-state index in [1.54, 1.807) is 12.1 Å². The average molecular weight is 308 g/mol. The first kappa shape index (κ1) is 16.4. The van der Waals surface area contributed by atoms with Gasteiger partial charge in [0.25, 0.3) is 0 Å². The SMILES string of the molecule is CC(=O)N(CCNC(=O)C1CCOCC1)c1cccc(F)c1. The monoisotopic (exact) mass is 308 g/mol. The van der Waals surface area contributed by atoms with Crippen LogP contribution in [0.15, 0.2) is 24.3 Å². The molecule has 1 heterocycles. The molecule has 0 unspecified atom stereocenters. The molecule has 5 nitrogen and oxygen atoms in total. The van der Waals surface area contributed by atoms with Crippen LogP contribution >= 0.6 is 0 Å². The molecular weight excluding hydrogens is 287 g/mol. The standard InChI is InChI=1S/C16H21FN2O3/c1-12(20)19(15-4-2-3-14(17)11-15)8-7-18-16(21)13-5-9-22-10-6-13/h2-4,11,13H,5-10H2,1H3,(H,18,21). The number of amides is 2. The third-order valence-electron chi connectivity index (χ3n) is 3.73. The first-order chi connectivity index (χ1) is 10.6. The fraction of sp³-hybridized carbons (Fsp3) is 0.500. The number of carbonyl (C=O) groups is 2. The quantitative estimate of drug-likeness (QED) is 0.901. The van der Waals surface area contributed by atoms with Gasteiger partial charge in [0.15, 0.2) is 0 Å². The fourth-order valence-electron chi connectivity index (χ4n) is 2.51. The van der Waals surface area contributed by atoms with Crippen molar-refractivity contribution in [3.63, 3.8) is 0 Å². The highest BCUT2D eigenvalue weighted by atomic mass is 19.1. The molecule has 1 aliphatic rings. The number of halogens is 1. The first-order valence-corrected chi connectivity index (χ1v) is 7.47. The van der Waals surface area contributed by atoms with Crippen molar-refractivity contribution in [2.45, 2.75) is 19.8 Å². The maximum absolute atomic E-state index is 13.3. The van der Waals surface area contributed by atoms with E-state index in [9.17, 15) is 14.0 Å². The summed E-state index contributed by atoms with van der Waals surface area (Å²) >= 11 is 0. The predicted molar refractivity (Wildman–Crippen MR) is 81.0 cm³/mol. The van der Waals surface area contributed by atoms with Crippen molar-refractivity contribution < 1.29 is 18.7 Å². The van der Waals surface area contributed by atoms with Crippen LogP contribution in [0.4, 0.5) is 10.1 Å². The molecule has 0 aromatic heterocycles. The van der Waals surface area contributed by atoms with Crippen molar-refractivity contribution in [2.24, 2.45) is 5.92 Å². The Labute approximate surface area is 129 Å². The Kier molecular flexibility index (Phi) is 5.89. The third-order valence-corrected chi connectivity index (χ3v) is 3.73. The number of carbonyl (C=O) groups excluding carboxylic acids is 2. The lowest BCUT2D eigenvalue weighted by atomic mass is 9.99. The number of benzene rings is 1. The van der Waals surface area contributed by atoms with Crippen molar-refractivity contribution in [2.75, 3.05) is 31.2 Å². The normalized spacial score (nSPS) is 15.4. The van der Waals surface area contributed by atoms with Gasteiger partial charge in [-0.05, 0) is 31.0 Å². The largest absolute Gasteiger partial charge is 0.381 e. The molecule has 1 aliphatic heterocycles.